The zero-order chi connectivity index (χ0) is 11.8. The molecule has 1 aliphatic heterocycles. The Morgan fingerprint density at radius 3 is 2.71 bits per heavy atom. The third-order valence-electron chi connectivity index (χ3n) is 4.22. The van der Waals surface area contributed by atoms with Gasteiger partial charge in [0.15, 0.2) is 0 Å². The zero-order valence-electron chi connectivity index (χ0n) is 10.8. The van der Waals surface area contributed by atoms with Gasteiger partial charge in [0.1, 0.15) is 0 Å². The van der Waals surface area contributed by atoms with Crippen molar-refractivity contribution < 1.29 is 0 Å². The highest BCUT2D eigenvalue weighted by atomic mass is 15.2. The van der Waals surface area contributed by atoms with E-state index < -0.39 is 0 Å². The molecular weight excluding hydrogens is 208 g/mol. The number of nitrogens with one attached hydrogen (secondary N) is 1. The summed E-state index contributed by atoms with van der Waals surface area (Å²) in [5.41, 5.74) is 2.82. The maximum atomic E-state index is 3.71. The molecular formula is C15H22N2. The fourth-order valence-corrected chi connectivity index (χ4v) is 2.92. The van der Waals surface area contributed by atoms with Gasteiger partial charge in [0.25, 0.3) is 0 Å². The van der Waals surface area contributed by atoms with Gasteiger partial charge in [-0.15, -0.1) is 0 Å². The monoisotopic (exact) mass is 230 g/mol. The Hall–Kier alpha value is -1.02. The van der Waals surface area contributed by atoms with Gasteiger partial charge < -0.3 is 10.2 Å². The van der Waals surface area contributed by atoms with Gasteiger partial charge in [0, 0.05) is 30.9 Å². The van der Waals surface area contributed by atoms with Crippen LogP contribution in [0.5, 0.6) is 0 Å². The van der Waals surface area contributed by atoms with E-state index in [9.17, 15) is 0 Å². The first-order chi connectivity index (χ1) is 8.25. The Bertz CT molecular complexity index is 398. The summed E-state index contributed by atoms with van der Waals surface area (Å²) < 4.78 is 0. The fraction of sp³-hybridized carbons (Fsp3) is 0.600. The Labute approximate surface area is 104 Å². The number of anilines is 1. The summed E-state index contributed by atoms with van der Waals surface area (Å²) in [4.78, 5) is 2.59. The molecule has 92 valence electrons. The van der Waals surface area contributed by atoms with Gasteiger partial charge in [0.2, 0.25) is 0 Å². The maximum Gasteiger partial charge on any atom is 0.0399 e. The number of nitrogens with zero attached hydrogens (tertiary/aromatic N) is 1. The van der Waals surface area contributed by atoms with Crippen LogP contribution in [-0.4, -0.2) is 25.2 Å². The van der Waals surface area contributed by atoms with Crippen molar-refractivity contribution in [1.29, 1.82) is 0 Å². The van der Waals surface area contributed by atoms with Gasteiger partial charge in [-0.2, -0.15) is 0 Å². The molecule has 1 aromatic rings. The minimum atomic E-state index is 0.603. The number of piperazine rings is 1. The number of hydrogen-bond donors (Lipinski definition) is 1. The molecule has 1 N–H and O–H groups in total. The molecule has 1 saturated heterocycles. The van der Waals surface area contributed by atoms with E-state index in [0.717, 1.165) is 12.5 Å². The van der Waals surface area contributed by atoms with Gasteiger partial charge >= 0.3 is 0 Å². The van der Waals surface area contributed by atoms with Crippen molar-refractivity contribution in [2.75, 3.05) is 18.0 Å². The average molecular weight is 230 g/mol. The van der Waals surface area contributed by atoms with E-state index in [-0.39, 0.29) is 0 Å². The highest BCUT2D eigenvalue weighted by Gasteiger charge is 2.36. The summed E-state index contributed by atoms with van der Waals surface area (Å²) in [5.74, 6) is 0.939. The molecule has 0 aromatic heterocycles. The number of hydrogen-bond acceptors (Lipinski definition) is 2. The molecule has 2 heteroatoms. The second kappa shape index (κ2) is 4.34. The van der Waals surface area contributed by atoms with Crippen molar-refractivity contribution in [2.45, 2.75) is 38.8 Å². The molecule has 2 fully saturated rings. The molecule has 0 bridgehead atoms. The molecule has 1 heterocycles. The number of benzene rings is 1. The summed E-state index contributed by atoms with van der Waals surface area (Å²) >= 11 is 0. The lowest BCUT2D eigenvalue weighted by Gasteiger charge is -2.41. The SMILES string of the molecule is Cc1ccccc1N1CC(C2CC2)NCC1C. The normalized spacial score (nSPS) is 29.4. The van der Waals surface area contributed by atoms with Gasteiger partial charge in [-0.1, -0.05) is 18.2 Å². The lowest BCUT2D eigenvalue weighted by Crippen LogP contribution is -2.56. The van der Waals surface area contributed by atoms with Crippen molar-refractivity contribution in [3.8, 4) is 0 Å². The van der Waals surface area contributed by atoms with Crippen LogP contribution in [-0.2, 0) is 0 Å². The Kier molecular flexibility index (Phi) is 2.83. The topological polar surface area (TPSA) is 15.3 Å². The van der Waals surface area contributed by atoms with Crippen LogP contribution < -0.4 is 10.2 Å². The Morgan fingerprint density at radius 1 is 1.24 bits per heavy atom. The molecule has 2 aliphatic rings. The van der Waals surface area contributed by atoms with Crippen LogP contribution in [0.1, 0.15) is 25.3 Å². The molecule has 0 spiro atoms. The van der Waals surface area contributed by atoms with Crippen LogP contribution in [0, 0.1) is 12.8 Å². The Balaban J connectivity index is 1.82. The van der Waals surface area contributed by atoms with Crippen LogP contribution in [0.2, 0.25) is 0 Å². The van der Waals surface area contributed by atoms with E-state index in [0.29, 0.717) is 12.1 Å². The van der Waals surface area contributed by atoms with Crippen molar-refractivity contribution in [3.63, 3.8) is 0 Å². The predicted molar refractivity (Wildman–Crippen MR) is 72.5 cm³/mol. The molecule has 0 radical (unpaired) electrons. The smallest absolute Gasteiger partial charge is 0.0399 e. The summed E-state index contributed by atoms with van der Waals surface area (Å²) in [6.07, 6.45) is 2.85. The molecule has 2 unspecified atom stereocenters. The third-order valence-corrected chi connectivity index (χ3v) is 4.22. The molecule has 2 nitrogen and oxygen atoms in total. The van der Waals surface area contributed by atoms with Crippen molar-refractivity contribution in [3.05, 3.63) is 29.8 Å². The highest BCUT2D eigenvalue weighted by Crippen LogP contribution is 2.35. The molecule has 1 aromatic carbocycles. The van der Waals surface area contributed by atoms with E-state index in [1.54, 1.807) is 0 Å². The predicted octanol–water partition coefficient (Wildman–Crippen LogP) is 2.57. The van der Waals surface area contributed by atoms with Crippen LogP contribution in [0.15, 0.2) is 24.3 Å². The molecule has 17 heavy (non-hydrogen) atoms. The lowest BCUT2D eigenvalue weighted by atomic mass is 10.0. The van der Waals surface area contributed by atoms with Gasteiger partial charge in [-0.05, 0) is 44.2 Å². The maximum absolute atomic E-state index is 3.71. The van der Waals surface area contributed by atoms with Gasteiger partial charge in [-0.25, -0.2) is 0 Å². The lowest BCUT2D eigenvalue weighted by molar-refractivity contribution is 0.375. The van der Waals surface area contributed by atoms with Crippen LogP contribution in [0.4, 0.5) is 5.69 Å². The molecule has 0 amide bonds. The molecule has 1 saturated carbocycles. The van der Waals surface area contributed by atoms with Gasteiger partial charge in [0.05, 0.1) is 0 Å². The first kappa shape index (κ1) is 11.1. The van der Waals surface area contributed by atoms with Crippen LogP contribution in [0.3, 0.4) is 0 Å². The van der Waals surface area contributed by atoms with Crippen molar-refractivity contribution >= 4 is 5.69 Å². The van der Waals surface area contributed by atoms with Crippen molar-refractivity contribution in [1.82, 2.24) is 5.32 Å². The number of para-hydroxylation sites is 1. The van der Waals surface area contributed by atoms with E-state index in [4.69, 9.17) is 0 Å². The van der Waals surface area contributed by atoms with Crippen LogP contribution in [0.25, 0.3) is 0 Å². The minimum Gasteiger partial charge on any atom is -0.366 e. The standard InChI is InChI=1S/C15H22N2/c1-11-5-3-4-6-15(11)17-10-14(13-7-8-13)16-9-12(17)2/h3-6,12-14,16H,7-10H2,1-2H3. The van der Waals surface area contributed by atoms with E-state index in [1.165, 1.54) is 30.6 Å². The quantitative estimate of drug-likeness (QED) is 0.840. The zero-order valence-corrected chi connectivity index (χ0v) is 10.8. The first-order valence-corrected chi connectivity index (χ1v) is 6.81. The average Bonchev–Trinajstić information content (AvgIpc) is 3.15. The summed E-state index contributed by atoms with van der Waals surface area (Å²) in [5, 5.41) is 3.71. The first-order valence-electron chi connectivity index (χ1n) is 6.81. The van der Waals surface area contributed by atoms with Gasteiger partial charge in [-0.3, -0.25) is 0 Å². The fourth-order valence-electron chi connectivity index (χ4n) is 2.92. The molecule has 3 rings (SSSR count). The number of rotatable bonds is 2. The van der Waals surface area contributed by atoms with E-state index in [1.807, 2.05) is 0 Å². The minimum absolute atomic E-state index is 0.603. The van der Waals surface area contributed by atoms with Crippen LogP contribution >= 0.6 is 0 Å². The Morgan fingerprint density at radius 2 is 2.00 bits per heavy atom. The van der Waals surface area contributed by atoms with E-state index >= 15 is 0 Å². The van der Waals surface area contributed by atoms with E-state index in [2.05, 4.69) is 48.3 Å². The summed E-state index contributed by atoms with van der Waals surface area (Å²) in [6.45, 7) is 6.84. The number of aryl methyl sites for hydroxylation is 1. The summed E-state index contributed by atoms with van der Waals surface area (Å²) in [7, 11) is 0. The highest BCUT2D eigenvalue weighted by molar-refractivity contribution is 5.54. The molecule has 1 aliphatic carbocycles. The molecule has 2 atom stereocenters. The van der Waals surface area contributed by atoms with Crippen molar-refractivity contribution in [2.24, 2.45) is 5.92 Å². The second-order valence-corrected chi connectivity index (χ2v) is 5.64. The largest absolute Gasteiger partial charge is 0.366 e. The third kappa shape index (κ3) is 2.19. The summed E-state index contributed by atoms with van der Waals surface area (Å²) in [6, 6.07) is 10.1. The second-order valence-electron chi connectivity index (χ2n) is 5.64.